The van der Waals surface area contributed by atoms with Crippen LogP contribution in [0.5, 0.6) is 0 Å². The predicted molar refractivity (Wildman–Crippen MR) is 68.7 cm³/mol. The zero-order valence-corrected chi connectivity index (χ0v) is 10.4. The zero-order chi connectivity index (χ0) is 15.1. The van der Waals surface area contributed by atoms with E-state index in [4.69, 9.17) is 5.26 Å². The molecule has 0 N–H and O–H groups in total. The van der Waals surface area contributed by atoms with Crippen molar-refractivity contribution >= 4 is 17.5 Å². The molecule has 2 aromatic carbocycles. The Morgan fingerprint density at radius 2 is 1.43 bits per heavy atom. The Kier molecular flexibility index (Phi) is 2.77. The van der Waals surface area contributed by atoms with Crippen LogP contribution in [0.3, 0.4) is 0 Å². The van der Waals surface area contributed by atoms with Crippen LogP contribution in [0.4, 0.5) is 14.5 Å². The first-order valence-corrected chi connectivity index (χ1v) is 5.91. The summed E-state index contributed by atoms with van der Waals surface area (Å²) in [7, 11) is 0. The molecular weight excluding hydrogens is 278 g/mol. The lowest BCUT2D eigenvalue weighted by atomic mass is 10.1. The van der Waals surface area contributed by atoms with E-state index in [1.165, 1.54) is 18.2 Å². The van der Waals surface area contributed by atoms with Gasteiger partial charge in [0, 0.05) is 0 Å². The number of hydrogen-bond donors (Lipinski definition) is 0. The summed E-state index contributed by atoms with van der Waals surface area (Å²) >= 11 is 0. The summed E-state index contributed by atoms with van der Waals surface area (Å²) in [5.74, 6) is -3.55. The number of anilines is 1. The highest BCUT2D eigenvalue weighted by atomic mass is 19.1. The van der Waals surface area contributed by atoms with Crippen molar-refractivity contribution in [2.45, 2.75) is 0 Å². The van der Waals surface area contributed by atoms with Gasteiger partial charge in [-0.15, -0.1) is 0 Å². The molecule has 0 bridgehead atoms. The SMILES string of the molecule is N#Cc1c(F)cc(N2C(=O)c3ccccc3C2=O)cc1F. The third kappa shape index (κ3) is 1.79. The highest BCUT2D eigenvalue weighted by Gasteiger charge is 2.37. The quantitative estimate of drug-likeness (QED) is 0.756. The van der Waals surface area contributed by atoms with Crippen molar-refractivity contribution in [3.8, 4) is 6.07 Å². The molecule has 0 aliphatic carbocycles. The van der Waals surface area contributed by atoms with Crippen LogP contribution in [-0.2, 0) is 0 Å². The summed E-state index contributed by atoms with van der Waals surface area (Å²) in [5.41, 5.74) is -0.647. The van der Waals surface area contributed by atoms with Gasteiger partial charge in [0.2, 0.25) is 0 Å². The highest BCUT2D eigenvalue weighted by Crippen LogP contribution is 2.30. The molecule has 0 aromatic heterocycles. The number of amides is 2. The second kappa shape index (κ2) is 4.49. The fraction of sp³-hybridized carbons (Fsp3) is 0. The molecule has 21 heavy (non-hydrogen) atoms. The van der Waals surface area contributed by atoms with Gasteiger partial charge in [0.25, 0.3) is 11.8 Å². The number of imide groups is 1. The Bertz CT molecular complexity index is 782. The molecule has 0 saturated heterocycles. The summed E-state index contributed by atoms with van der Waals surface area (Å²) in [5, 5.41) is 8.62. The Balaban J connectivity index is 2.14. The van der Waals surface area contributed by atoms with Crippen LogP contribution in [0, 0.1) is 23.0 Å². The zero-order valence-electron chi connectivity index (χ0n) is 10.4. The summed E-state index contributed by atoms with van der Waals surface area (Å²) in [4.78, 5) is 25.1. The van der Waals surface area contributed by atoms with Gasteiger partial charge >= 0.3 is 0 Å². The van der Waals surface area contributed by atoms with Gasteiger partial charge in [-0.3, -0.25) is 9.59 Å². The van der Waals surface area contributed by atoms with Gasteiger partial charge in [-0.1, -0.05) is 12.1 Å². The topological polar surface area (TPSA) is 61.2 Å². The molecule has 1 heterocycles. The molecule has 102 valence electrons. The van der Waals surface area contributed by atoms with Crippen molar-refractivity contribution in [2.24, 2.45) is 0 Å². The molecule has 2 aromatic rings. The van der Waals surface area contributed by atoms with Crippen LogP contribution in [0.1, 0.15) is 26.3 Å². The monoisotopic (exact) mass is 284 g/mol. The van der Waals surface area contributed by atoms with E-state index in [9.17, 15) is 18.4 Å². The minimum absolute atomic E-state index is 0.174. The van der Waals surface area contributed by atoms with Crippen molar-refractivity contribution in [3.05, 3.63) is 64.7 Å². The van der Waals surface area contributed by atoms with Crippen molar-refractivity contribution in [1.29, 1.82) is 5.26 Å². The lowest BCUT2D eigenvalue weighted by Gasteiger charge is -2.14. The third-order valence-electron chi connectivity index (χ3n) is 3.19. The summed E-state index contributed by atoms with van der Waals surface area (Å²) in [6.45, 7) is 0. The van der Waals surface area contributed by atoms with Gasteiger partial charge in [0.15, 0.2) is 0 Å². The van der Waals surface area contributed by atoms with Crippen molar-refractivity contribution in [2.75, 3.05) is 4.90 Å². The Morgan fingerprint density at radius 1 is 0.952 bits per heavy atom. The number of halogens is 2. The van der Waals surface area contributed by atoms with Crippen LogP contribution in [-0.4, -0.2) is 11.8 Å². The van der Waals surface area contributed by atoms with Crippen molar-refractivity contribution in [3.63, 3.8) is 0 Å². The Morgan fingerprint density at radius 3 is 1.86 bits per heavy atom. The third-order valence-corrected chi connectivity index (χ3v) is 3.19. The highest BCUT2D eigenvalue weighted by molar-refractivity contribution is 6.34. The van der Waals surface area contributed by atoms with E-state index in [1.807, 2.05) is 0 Å². The van der Waals surface area contributed by atoms with E-state index in [1.54, 1.807) is 12.1 Å². The van der Waals surface area contributed by atoms with Gasteiger partial charge in [-0.2, -0.15) is 5.26 Å². The van der Waals surface area contributed by atoms with E-state index in [0.717, 1.165) is 12.1 Å². The van der Waals surface area contributed by atoms with E-state index >= 15 is 0 Å². The fourth-order valence-corrected chi connectivity index (χ4v) is 2.22. The van der Waals surface area contributed by atoms with E-state index in [-0.39, 0.29) is 16.8 Å². The Hall–Kier alpha value is -3.07. The molecule has 6 heteroatoms. The molecule has 0 radical (unpaired) electrons. The largest absolute Gasteiger partial charge is 0.268 e. The van der Waals surface area contributed by atoms with Crippen molar-refractivity contribution < 1.29 is 18.4 Å². The molecule has 0 fully saturated rings. The molecular formula is C15H6F2N2O2. The molecule has 0 unspecified atom stereocenters. The van der Waals surface area contributed by atoms with E-state index in [2.05, 4.69) is 0 Å². The maximum atomic E-state index is 13.6. The first kappa shape index (κ1) is 12.9. The van der Waals surface area contributed by atoms with Crippen LogP contribution in [0.2, 0.25) is 0 Å². The Labute approximate surface area is 117 Å². The molecule has 0 spiro atoms. The van der Waals surface area contributed by atoms with Gasteiger partial charge in [-0.05, 0) is 24.3 Å². The molecule has 0 saturated carbocycles. The molecule has 1 aliphatic heterocycles. The first-order valence-electron chi connectivity index (χ1n) is 5.91. The number of carbonyl (C=O) groups is 2. The molecule has 3 rings (SSSR count). The lowest BCUT2D eigenvalue weighted by molar-refractivity contribution is 0.0926. The number of nitrogens with zero attached hydrogens (tertiary/aromatic N) is 2. The lowest BCUT2D eigenvalue weighted by Crippen LogP contribution is -2.29. The van der Waals surface area contributed by atoms with Gasteiger partial charge in [0.05, 0.1) is 16.8 Å². The molecule has 1 aliphatic rings. The number of fused-ring (bicyclic) bond motifs is 1. The van der Waals surface area contributed by atoms with Crippen LogP contribution < -0.4 is 4.90 Å². The first-order chi connectivity index (χ1) is 10.0. The second-order valence-corrected chi connectivity index (χ2v) is 4.39. The van der Waals surface area contributed by atoms with Gasteiger partial charge < -0.3 is 0 Å². The summed E-state index contributed by atoms with van der Waals surface area (Å²) < 4.78 is 27.3. The molecule has 2 amide bonds. The normalized spacial score (nSPS) is 13.3. The van der Waals surface area contributed by atoms with E-state index < -0.39 is 29.0 Å². The van der Waals surface area contributed by atoms with Gasteiger partial charge in [-0.25, -0.2) is 13.7 Å². The number of hydrogen-bond acceptors (Lipinski definition) is 3. The average molecular weight is 284 g/mol. The van der Waals surface area contributed by atoms with Gasteiger partial charge in [0.1, 0.15) is 23.3 Å². The van der Waals surface area contributed by atoms with Crippen LogP contribution >= 0.6 is 0 Å². The number of nitriles is 1. The number of benzene rings is 2. The maximum absolute atomic E-state index is 13.6. The number of rotatable bonds is 1. The molecule has 0 atom stereocenters. The second-order valence-electron chi connectivity index (χ2n) is 4.39. The van der Waals surface area contributed by atoms with Crippen LogP contribution in [0.15, 0.2) is 36.4 Å². The van der Waals surface area contributed by atoms with Crippen LogP contribution in [0.25, 0.3) is 0 Å². The summed E-state index contributed by atoms with van der Waals surface area (Å²) in [6, 6.07) is 9.08. The summed E-state index contributed by atoms with van der Waals surface area (Å²) in [6.07, 6.45) is 0. The van der Waals surface area contributed by atoms with Crippen molar-refractivity contribution in [1.82, 2.24) is 0 Å². The number of carbonyl (C=O) groups excluding carboxylic acids is 2. The fourth-order valence-electron chi connectivity index (χ4n) is 2.22. The maximum Gasteiger partial charge on any atom is 0.266 e. The smallest absolute Gasteiger partial charge is 0.266 e. The minimum Gasteiger partial charge on any atom is -0.268 e. The minimum atomic E-state index is -1.12. The standard InChI is InChI=1S/C15H6F2N2O2/c16-12-5-8(6-13(17)11(12)7-18)19-14(20)9-3-1-2-4-10(9)15(19)21/h1-6H. The average Bonchev–Trinajstić information content (AvgIpc) is 2.71. The predicted octanol–water partition coefficient (Wildman–Crippen LogP) is 2.64. The van der Waals surface area contributed by atoms with E-state index in [0.29, 0.717) is 4.90 Å². The molecule has 4 nitrogen and oxygen atoms in total.